The van der Waals surface area contributed by atoms with Crippen LogP contribution in [0.25, 0.3) is 11.1 Å². The van der Waals surface area contributed by atoms with Gasteiger partial charge in [-0.3, -0.25) is 19.5 Å². The normalized spacial score (nSPS) is 17.4. The van der Waals surface area contributed by atoms with Crippen molar-refractivity contribution >= 4 is 17.5 Å². The van der Waals surface area contributed by atoms with Gasteiger partial charge >= 0.3 is 0 Å². The number of benzene rings is 3. The molecule has 43 heavy (non-hydrogen) atoms. The molecule has 0 radical (unpaired) electrons. The number of amides is 2. The molecule has 2 N–H and O–H groups in total. The number of anilines is 1. The zero-order valence-corrected chi connectivity index (χ0v) is 24.7. The van der Waals surface area contributed by atoms with Crippen LogP contribution in [0.2, 0.25) is 0 Å². The number of nitrogens with one attached hydrogen (secondary N) is 1. The monoisotopic (exact) mass is 579 g/mol. The number of rotatable bonds is 9. The van der Waals surface area contributed by atoms with Gasteiger partial charge < -0.3 is 20.1 Å². The maximum atomic E-state index is 13.7. The van der Waals surface area contributed by atoms with E-state index in [0.29, 0.717) is 36.6 Å². The fraction of sp³-hybridized carbons (Fsp3) is 0.294. The number of hydrogen-bond acceptors (Lipinski definition) is 7. The molecule has 1 aliphatic heterocycles. The summed E-state index contributed by atoms with van der Waals surface area (Å²) in [6.07, 6.45) is 4.00. The van der Waals surface area contributed by atoms with Gasteiger partial charge in [-0.25, -0.2) is 4.98 Å². The zero-order valence-electron chi connectivity index (χ0n) is 24.7. The van der Waals surface area contributed by atoms with E-state index in [1.807, 2.05) is 39.1 Å². The van der Waals surface area contributed by atoms with Crippen molar-refractivity contribution in [2.75, 3.05) is 32.1 Å². The summed E-state index contributed by atoms with van der Waals surface area (Å²) in [4.78, 5) is 38.7. The summed E-state index contributed by atoms with van der Waals surface area (Å²) in [5.41, 5.74) is 4.36. The van der Waals surface area contributed by atoms with Gasteiger partial charge in [0.15, 0.2) is 5.75 Å². The molecule has 5 rings (SSSR count). The molecule has 0 bridgehead atoms. The largest absolute Gasteiger partial charge is 0.486 e. The first kappa shape index (κ1) is 29.9. The highest BCUT2D eigenvalue weighted by molar-refractivity contribution is 6.06. The van der Waals surface area contributed by atoms with E-state index in [4.69, 9.17) is 4.74 Å². The lowest BCUT2D eigenvalue weighted by atomic mass is 9.98. The van der Waals surface area contributed by atoms with Crippen molar-refractivity contribution in [1.82, 2.24) is 19.8 Å². The van der Waals surface area contributed by atoms with Crippen LogP contribution in [0.1, 0.15) is 40.3 Å². The molecular formula is C34H37N5O4. The predicted octanol–water partition coefficient (Wildman–Crippen LogP) is 4.75. The number of carbonyl (C=O) groups excluding carboxylic acids is 2. The summed E-state index contributed by atoms with van der Waals surface area (Å²) in [6.45, 7) is 5.40. The van der Waals surface area contributed by atoms with Crippen molar-refractivity contribution < 1.29 is 19.4 Å². The van der Waals surface area contributed by atoms with Crippen LogP contribution in [0.4, 0.5) is 5.69 Å². The lowest BCUT2D eigenvalue weighted by molar-refractivity contribution is 0.0343. The number of ether oxygens (including phenoxy) is 1. The second-order valence-electron chi connectivity index (χ2n) is 11.1. The molecule has 9 nitrogen and oxygen atoms in total. The Morgan fingerprint density at radius 2 is 1.81 bits per heavy atom. The Kier molecular flexibility index (Phi) is 9.44. The van der Waals surface area contributed by atoms with Gasteiger partial charge in [0, 0.05) is 37.9 Å². The lowest BCUT2D eigenvalue weighted by Crippen LogP contribution is -2.49. The van der Waals surface area contributed by atoms with Crippen molar-refractivity contribution in [3.8, 4) is 16.9 Å². The van der Waals surface area contributed by atoms with E-state index in [1.54, 1.807) is 23.1 Å². The van der Waals surface area contributed by atoms with Crippen LogP contribution in [-0.2, 0) is 6.54 Å². The second-order valence-corrected chi connectivity index (χ2v) is 11.1. The predicted molar refractivity (Wildman–Crippen MR) is 166 cm³/mol. The van der Waals surface area contributed by atoms with Gasteiger partial charge in [0.2, 0.25) is 0 Å². The highest BCUT2D eigenvalue weighted by atomic mass is 16.5. The van der Waals surface area contributed by atoms with Gasteiger partial charge in [-0.2, -0.15) is 0 Å². The Hall–Kier alpha value is -4.60. The number of carbonyl (C=O) groups is 2. The average Bonchev–Trinajstić information content (AvgIpc) is 3.03. The van der Waals surface area contributed by atoms with Gasteiger partial charge in [0.05, 0.1) is 30.1 Å². The summed E-state index contributed by atoms with van der Waals surface area (Å²) < 4.78 is 6.63. The molecule has 9 heteroatoms. The van der Waals surface area contributed by atoms with Crippen LogP contribution < -0.4 is 10.1 Å². The fourth-order valence-corrected chi connectivity index (χ4v) is 5.28. The quantitative estimate of drug-likeness (QED) is 0.295. The zero-order chi connectivity index (χ0) is 30.3. The average molecular weight is 580 g/mol. The van der Waals surface area contributed by atoms with Crippen LogP contribution in [0, 0.1) is 5.92 Å². The number of aromatic nitrogens is 2. The van der Waals surface area contributed by atoms with E-state index in [-0.39, 0.29) is 36.3 Å². The molecular weight excluding hydrogens is 542 g/mol. The third-order valence-corrected chi connectivity index (χ3v) is 7.74. The standard InChI is InChI=1S/C34H37N5O4/c1-23-19-39(24(2)22-40)34(42)28-10-7-11-29(37-33(41)30-18-35-16-17-36-30)32(28)43-31(23)21-38(3)20-25-12-14-27(15-13-25)26-8-5-4-6-9-26/h4-18,23-24,31,40H,19-22H2,1-3H3,(H,37,41)/t23-,24+,31+/m0/s1. The van der Waals surface area contributed by atoms with Crippen LogP contribution in [0.3, 0.4) is 0 Å². The van der Waals surface area contributed by atoms with Crippen LogP contribution >= 0.6 is 0 Å². The maximum absolute atomic E-state index is 13.7. The number of para-hydroxylation sites is 1. The highest BCUT2D eigenvalue weighted by Gasteiger charge is 2.34. The molecule has 1 aromatic heterocycles. The first-order chi connectivity index (χ1) is 20.8. The molecule has 222 valence electrons. The molecule has 0 unspecified atom stereocenters. The van der Waals surface area contributed by atoms with Crippen molar-refractivity contribution in [2.45, 2.75) is 32.5 Å². The molecule has 3 aromatic carbocycles. The topological polar surface area (TPSA) is 108 Å². The number of aliphatic hydroxyl groups excluding tert-OH is 1. The lowest BCUT2D eigenvalue weighted by Gasteiger charge is -2.38. The molecule has 0 fully saturated rings. The fourth-order valence-electron chi connectivity index (χ4n) is 5.28. The molecule has 3 atom stereocenters. The first-order valence-electron chi connectivity index (χ1n) is 14.5. The van der Waals surface area contributed by atoms with Crippen molar-refractivity contribution in [3.63, 3.8) is 0 Å². The Labute approximate surface area is 252 Å². The number of aliphatic hydroxyl groups is 1. The Morgan fingerprint density at radius 3 is 2.51 bits per heavy atom. The van der Waals surface area contributed by atoms with E-state index >= 15 is 0 Å². The number of likely N-dealkylation sites (N-methyl/N-ethyl adjacent to an activating group) is 1. The smallest absolute Gasteiger partial charge is 0.275 e. The third-order valence-electron chi connectivity index (χ3n) is 7.74. The molecule has 2 amide bonds. The molecule has 4 aromatic rings. The van der Waals surface area contributed by atoms with Gasteiger partial charge in [0.25, 0.3) is 11.8 Å². The number of hydrogen-bond donors (Lipinski definition) is 2. The molecule has 0 spiro atoms. The van der Waals surface area contributed by atoms with E-state index in [2.05, 4.69) is 56.6 Å². The minimum atomic E-state index is -0.458. The molecule has 0 saturated carbocycles. The summed E-state index contributed by atoms with van der Waals surface area (Å²) >= 11 is 0. The summed E-state index contributed by atoms with van der Waals surface area (Å²) in [7, 11) is 2.04. The summed E-state index contributed by atoms with van der Waals surface area (Å²) in [6, 6.07) is 23.5. The molecule has 0 aliphatic carbocycles. The van der Waals surface area contributed by atoms with Crippen LogP contribution in [-0.4, -0.2) is 75.6 Å². The molecule has 2 heterocycles. The minimum Gasteiger partial charge on any atom is -0.486 e. The Morgan fingerprint density at radius 1 is 1.07 bits per heavy atom. The highest BCUT2D eigenvalue weighted by Crippen LogP contribution is 2.35. The van der Waals surface area contributed by atoms with Crippen molar-refractivity contribution in [1.29, 1.82) is 0 Å². The van der Waals surface area contributed by atoms with Gasteiger partial charge in [0.1, 0.15) is 11.8 Å². The minimum absolute atomic E-state index is 0.0715. The first-order valence-corrected chi connectivity index (χ1v) is 14.5. The SMILES string of the molecule is C[C@H](CO)N1C[C@H](C)[C@@H](CN(C)Cc2ccc(-c3ccccc3)cc2)Oc2c(NC(=O)c3cnccn3)cccc2C1=O. The maximum Gasteiger partial charge on any atom is 0.275 e. The molecule has 0 saturated heterocycles. The number of nitrogens with zero attached hydrogens (tertiary/aromatic N) is 4. The van der Waals surface area contributed by atoms with E-state index in [1.165, 1.54) is 35.3 Å². The van der Waals surface area contributed by atoms with E-state index < -0.39 is 5.91 Å². The third kappa shape index (κ3) is 7.07. The van der Waals surface area contributed by atoms with Gasteiger partial charge in [-0.15, -0.1) is 0 Å². The number of fused-ring (bicyclic) bond motifs is 1. The molecule has 1 aliphatic rings. The van der Waals surface area contributed by atoms with Gasteiger partial charge in [-0.05, 0) is 42.8 Å². The van der Waals surface area contributed by atoms with Gasteiger partial charge in [-0.1, -0.05) is 67.6 Å². The van der Waals surface area contributed by atoms with E-state index in [9.17, 15) is 14.7 Å². The Balaban J connectivity index is 1.39. The van der Waals surface area contributed by atoms with Crippen molar-refractivity contribution in [3.05, 3.63) is 108 Å². The van der Waals surface area contributed by atoms with E-state index in [0.717, 1.165) is 0 Å². The van der Waals surface area contributed by atoms with Crippen molar-refractivity contribution in [2.24, 2.45) is 5.92 Å². The second kappa shape index (κ2) is 13.6. The summed E-state index contributed by atoms with van der Waals surface area (Å²) in [5, 5.41) is 12.8. The Bertz CT molecular complexity index is 1530. The summed E-state index contributed by atoms with van der Waals surface area (Å²) in [5.74, 6) is -0.486. The van der Waals surface area contributed by atoms with Crippen LogP contribution in [0.5, 0.6) is 5.75 Å². The van der Waals surface area contributed by atoms with Crippen LogP contribution in [0.15, 0.2) is 91.4 Å².